The summed E-state index contributed by atoms with van der Waals surface area (Å²) in [6, 6.07) is 24.0. The summed E-state index contributed by atoms with van der Waals surface area (Å²) in [6.07, 6.45) is -0.524. The Kier molecular flexibility index (Phi) is 40.0. The molecule has 121 heavy (non-hydrogen) atoms. The molecule has 0 aliphatic carbocycles. The van der Waals surface area contributed by atoms with Gasteiger partial charge >= 0.3 is 42.4 Å². The first-order valence-corrected chi connectivity index (χ1v) is 38.0. The highest BCUT2D eigenvalue weighted by Crippen LogP contribution is 2.38. The predicted molar refractivity (Wildman–Crippen MR) is 450 cm³/mol. The SMILES string of the molecule is C.C.CC(C)C[C@@H](C(=O)O)n1ccc(C(F)(F)F)cc1=O.COC(=O)C[C@H](CC(=O)[C@@H](CC(C)C)n1ccc(C(F)(F)F)cc1=O)c1cncc(-c2c(C)cccc2C)c1.COC(=O)C[C@H](CC(=O)[C@H](CC(C)C)n1ccc(C(F)(F)F)cc1=O)c1cncc(-c2c(C)cccc2C)c1.COC(=O)C[C@H](N)c1cncc(-c2c(C)cccc2C)c1.Cl. The Morgan fingerprint density at radius 3 is 0.909 bits per heavy atom. The van der Waals surface area contributed by atoms with E-state index in [0.717, 1.165) is 106 Å². The van der Waals surface area contributed by atoms with Crippen molar-refractivity contribution < 1.29 is 87.6 Å². The number of pyridine rings is 6. The Hall–Kier alpha value is -11.2. The van der Waals surface area contributed by atoms with Gasteiger partial charge in [-0.2, -0.15) is 39.5 Å². The highest BCUT2D eigenvalue weighted by molar-refractivity contribution is 5.86. The molecule has 20 nitrogen and oxygen atoms in total. The number of aryl methyl sites for hydroxylation is 6. The first kappa shape index (κ1) is 104. The van der Waals surface area contributed by atoms with Crippen LogP contribution < -0.4 is 22.4 Å². The number of aliphatic carboxylic acids is 1. The van der Waals surface area contributed by atoms with Crippen LogP contribution >= 0.6 is 12.4 Å². The van der Waals surface area contributed by atoms with Gasteiger partial charge in [0, 0.05) is 121 Å². The van der Waals surface area contributed by atoms with Gasteiger partial charge in [-0.1, -0.05) is 111 Å². The molecule has 30 heteroatoms. The molecule has 6 aromatic heterocycles. The number of esters is 3. The summed E-state index contributed by atoms with van der Waals surface area (Å²) in [4.78, 5) is 124. The zero-order valence-electron chi connectivity index (χ0n) is 68.9. The number of carboxylic acids is 1. The topological polar surface area (TPSA) is 281 Å². The molecular formula is C91H109ClF9N7O13. The fourth-order valence-corrected chi connectivity index (χ4v) is 13.8. The van der Waals surface area contributed by atoms with Gasteiger partial charge in [0.15, 0.2) is 11.6 Å². The minimum atomic E-state index is -4.67. The average molecular weight is 1720 g/mol. The second-order valence-electron chi connectivity index (χ2n) is 30.3. The molecule has 0 saturated heterocycles. The van der Waals surface area contributed by atoms with Crippen LogP contribution in [0.2, 0.25) is 0 Å². The third-order valence-corrected chi connectivity index (χ3v) is 19.7. The number of aromatic nitrogens is 6. The van der Waals surface area contributed by atoms with E-state index in [0.29, 0.717) is 35.4 Å². The van der Waals surface area contributed by atoms with E-state index in [1.165, 1.54) is 32.5 Å². The molecule has 0 spiro atoms. The van der Waals surface area contributed by atoms with Crippen LogP contribution in [-0.4, -0.2) is 90.5 Å². The van der Waals surface area contributed by atoms with Gasteiger partial charge in [-0.3, -0.25) is 53.3 Å². The number of nitrogens with zero attached hydrogens (tertiary/aromatic N) is 6. The van der Waals surface area contributed by atoms with Crippen LogP contribution in [0, 0.1) is 59.3 Å². The summed E-state index contributed by atoms with van der Waals surface area (Å²) in [5.41, 5.74) is 14.6. The molecule has 3 aromatic carbocycles. The number of Topliss-reactive ketones (excluding diaryl/α,β-unsaturated/α-hetero) is 2. The number of nitrogens with two attached hydrogens (primary N) is 1. The van der Waals surface area contributed by atoms with Crippen LogP contribution in [0.25, 0.3) is 33.4 Å². The summed E-state index contributed by atoms with van der Waals surface area (Å²) in [5, 5.41) is 9.05. The molecule has 0 saturated carbocycles. The van der Waals surface area contributed by atoms with Gasteiger partial charge < -0.3 is 38.8 Å². The standard InChI is InChI=1S/2C30H33F3N2O4.C17H20N2O2.C12H14F3NO3.2CH4.ClH/c2*1-18(2)11-25(35-10-9-24(15-27(35)37)30(31,32)33)26(36)13-21(14-28(38)39-5)22-12-23(17-34-16-22)29-19(3)7-6-8-20(29)4;1-11-5-4-6-12(2)17(11)14-7-13(9-19-10-14)15(18)8-16(20)21-3;1-7(2)5-9(11(18)19)16-4-3-8(6-10(16)17)12(13,14)15;;;/h2*6-10,12,15-18,21,25H,11,13-14H2,1-5H3;4-7,9-10,15H,8,18H2,1-3H3;3-4,6-7,9H,5H2,1-2H3,(H,18,19);2*1H4;1H/t21-,25+;21-,25-;15-;9-;;;/m0000.../s1. The van der Waals surface area contributed by atoms with Crippen molar-refractivity contribution in [3.05, 3.63) is 263 Å². The van der Waals surface area contributed by atoms with Crippen molar-refractivity contribution in [1.29, 1.82) is 0 Å². The summed E-state index contributed by atoms with van der Waals surface area (Å²) >= 11 is 0. The van der Waals surface area contributed by atoms with Crippen LogP contribution in [0.15, 0.2) is 179 Å². The van der Waals surface area contributed by atoms with Gasteiger partial charge in [-0.15, -0.1) is 12.4 Å². The maximum atomic E-state index is 13.7. The van der Waals surface area contributed by atoms with E-state index in [1.54, 1.807) is 44.8 Å². The zero-order valence-corrected chi connectivity index (χ0v) is 69.7. The summed E-state index contributed by atoms with van der Waals surface area (Å²) in [5.74, 6) is -4.60. The molecule has 0 amide bonds. The first-order valence-electron chi connectivity index (χ1n) is 38.0. The van der Waals surface area contributed by atoms with Gasteiger partial charge in [-0.25, -0.2) is 4.79 Å². The maximum absolute atomic E-state index is 13.7. The van der Waals surface area contributed by atoms with Crippen molar-refractivity contribution in [2.45, 2.75) is 204 Å². The molecule has 9 aromatic rings. The molecule has 0 radical (unpaired) electrons. The Labute approximate surface area is 705 Å². The smallest absolute Gasteiger partial charge is 0.416 e. The van der Waals surface area contributed by atoms with E-state index >= 15 is 0 Å². The van der Waals surface area contributed by atoms with Crippen molar-refractivity contribution >= 4 is 47.9 Å². The van der Waals surface area contributed by atoms with E-state index in [4.69, 9.17) is 20.3 Å². The Morgan fingerprint density at radius 2 is 0.653 bits per heavy atom. The molecular weight excluding hydrogens is 1610 g/mol. The fraction of sp³-hybridized carbons (Fsp3) is 0.407. The molecule has 0 fully saturated rings. The lowest BCUT2D eigenvalue weighted by Crippen LogP contribution is -2.32. The third kappa shape index (κ3) is 29.9. The van der Waals surface area contributed by atoms with E-state index in [-0.39, 0.29) is 114 Å². The van der Waals surface area contributed by atoms with Crippen molar-refractivity contribution in [2.75, 3.05) is 21.3 Å². The molecule has 9 rings (SSSR count). The van der Waals surface area contributed by atoms with E-state index in [9.17, 15) is 82.7 Å². The van der Waals surface area contributed by atoms with Crippen LogP contribution in [0.5, 0.6) is 0 Å². The van der Waals surface area contributed by atoms with Crippen LogP contribution in [0.4, 0.5) is 39.5 Å². The van der Waals surface area contributed by atoms with Crippen LogP contribution in [0.1, 0.15) is 211 Å². The lowest BCUT2D eigenvalue weighted by molar-refractivity contribution is -0.142. The van der Waals surface area contributed by atoms with Gasteiger partial charge in [0.1, 0.15) is 6.04 Å². The predicted octanol–water partition coefficient (Wildman–Crippen LogP) is 20.0. The number of carbonyl (C=O) groups excluding carboxylic acids is 5. The molecule has 0 aliphatic rings. The summed E-state index contributed by atoms with van der Waals surface area (Å²) in [6.45, 7) is 23.1. The van der Waals surface area contributed by atoms with Crippen LogP contribution in [0.3, 0.4) is 0 Å². The van der Waals surface area contributed by atoms with Crippen molar-refractivity contribution in [3.63, 3.8) is 0 Å². The Morgan fingerprint density at radius 1 is 0.397 bits per heavy atom. The number of halogens is 10. The second kappa shape index (κ2) is 46.6. The number of carboxylic acid groups (broad SMARTS) is 1. The van der Waals surface area contributed by atoms with Crippen LogP contribution in [-0.2, 0) is 61.5 Å². The highest BCUT2D eigenvalue weighted by Gasteiger charge is 2.37. The number of hydrogen-bond donors (Lipinski definition) is 2. The first-order chi connectivity index (χ1) is 55.3. The van der Waals surface area contributed by atoms with Gasteiger partial charge in [0.05, 0.1) is 69.4 Å². The molecule has 6 heterocycles. The Bertz CT molecular complexity index is 4920. The van der Waals surface area contributed by atoms with Crippen molar-refractivity contribution in [1.82, 2.24) is 28.7 Å². The summed E-state index contributed by atoms with van der Waals surface area (Å²) in [7, 11) is 3.88. The summed E-state index contributed by atoms with van der Waals surface area (Å²) < 4.78 is 133. The average Bonchev–Trinajstić information content (AvgIpc) is 0.792. The minimum Gasteiger partial charge on any atom is -0.480 e. The number of carbonyl (C=O) groups is 6. The number of benzene rings is 3. The highest BCUT2D eigenvalue weighted by atomic mass is 35.5. The van der Waals surface area contributed by atoms with Crippen molar-refractivity contribution in [3.8, 4) is 33.4 Å². The molecule has 6 atom stereocenters. The van der Waals surface area contributed by atoms with E-state index in [1.807, 2.05) is 122 Å². The fourth-order valence-electron chi connectivity index (χ4n) is 13.8. The number of hydrogen-bond acceptors (Lipinski definition) is 16. The normalized spacial score (nSPS) is 12.8. The second-order valence-corrected chi connectivity index (χ2v) is 30.3. The minimum absolute atomic E-state index is 0. The lowest BCUT2D eigenvalue weighted by atomic mass is 9.86. The van der Waals surface area contributed by atoms with Gasteiger partial charge in [0.25, 0.3) is 16.7 Å². The number of rotatable bonds is 28. The molecule has 0 bridgehead atoms. The number of ketones is 2. The third-order valence-electron chi connectivity index (χ3n) is 19.7. The van der Waals surface area contributed by atoms with Gasteiger partial charge in [0.2, 0.25) is 0 Å². The molecule has 0 aliphatic heterocycles. The molecule has 656 valence electrons. The number of ether oxygens (including phenoxy) is 3. The quantitative estimate of drug-likeness (QED) is 0.0262. The number of methoxy groups -OCH3 is 3. The molecule has 0 unspecified atom stereocenters. The largest absolute Gasteiger partial charge is 0.480 e. The van der Waals surface area contributed by atoms with E-state index in [2.05, 4.69) is 45.7 Å². The van der Waals surface area contributed by atoms with Gasteiger partial charge in [-0.05, 0) is 182 Å². The Balaban J connectivity index is 0.000000432. The lowest BCUT2D eigenvalue weighted by Gasteiger charge is -2.24. The van der Waals surface area contributed by atoms with E-state index < -0.39 is 106 Å². The van der Waals surface area contributed by atoms with Crippen molar-refractivity contribution in [2.24, 2.45) is 23.5 Å². The monoisotopic (exact) mass is 1710 g/mol. The number of alkyl halides is 9. The molecule has 3 N–H and O–H groups in total. The maximum Gasteiger partial charge on any atom is 0.416 e. The zero-order chi connectivity index (χ0) is 88.0.